The molecule has 5 heteroatoms. The van der Waals surface area contributed by atoms with Crippen molar-refractivity contribution in [1.82, 2.24) is 10.3 Å². The largest absolute Gasteiger partial charge is 0.325 e. The van der Waals surface area contributed by atoms with Crippen LogP contribution >= 0.6 is 0 Å². The molecule has 3 N–H and O–H groups in total. The van der Waals surface area contributed by atoms with Crippen LogP contribution in [-0.4, -0.2) is 17.4 Å². The highest BCUT2D eigenvalue weighted by Crippen LogP contribution is 2.31. The number of nitrogens with one attached hydrogen (secondary N) is 3. The maximum Gasteiger partial charge on any atom is 0.213 e. The predicted octanol–water partition coefficient (Wildman–Crippen LogP) is 3.61. The summed E-state index contributed by atoms with van der Waals surface area (Å²) in [6.45, 7) is 4.04. The average molecular weight is 318 g/mol. The topological polar surface area (TPSA) is 77.9 Å². The number of aromatic nitrogens is 1. The van der Waals surface area contributed by atoms with Crippen molar-refractivity contribution in [2.75, 3.05) is 5.32 Å². The monoisotopic (exact) mass is 318 g/mol. The van der Waals surface area contributed by atoms with Gasteiger partial charge in [-0.3, -0.25) is 15.5 Å². The van der Waals surface area contributed by atoms with Crippen molar-refractivity contribution < 1.29 is 4.79 Å². The van der Waals surface area contributed by atoms with E-state index in [0.29, 0.717) is 6.41 Å². The molecule has 5 nitrogen and oxygen atoms in total. The minimum atomic E-state index is -0.0727. The van der Waals surface area contributed by atoms with E-state index in [2.05, 4.69) is 10.6 Å². The van der Waals surface area contributed by atoms with E-state index in [4.69, 9.17) is 10.4 Å². The van der Waals surface area contributed by atoms with Gasteiger partial charge in [-0.05, 0) is 37.1 Å². The van der Waals surface area contributed by atoms with Crippen LogP contribution in [0.15, 0.2) is 48.5 Å². The normalized spacial score (nSPS) is 10.4. The molecule has 0 aliphatic heterocycles. The van der Waals surface area contributed by atoms with Crippen LogP contribution in [0.1, 0.15) is 11.1 Å². The lowest BCUT2D eigenvalue weighted by Crippen LogP contribution is -2.28. The summed E-state index contributed by atoms with van der Waals surface area (Å²) in [6.07, 6.45) is 0.480. The third-order valence-electron chi connectivity index (χ3n) is 3.93. The molecule has 3 rings (SSSR count). The van der Waals surface area contributed by atoms with Gasteiger partial charge in [-0.15, -0.1) is 0 Å². The van der Waals surface area contributed by atoms with Gasteiger partial charge < -0.3 is 5.32 Å². The molecule has 0 atom stereocenters. The van der Waals surface area contributed by atoms with Crippen molar-refractivity contribution in [2.45, 2.75) is 13.8 Å². The number of hydrogen-bond donors (Lipinski definition) is 3. The van der Waals surface area contributed by atoms with Crippen LogP contribution < -0.4 is 10.6 Å². The van der Waals surface area contributed by atoms with Crippen molar-refractivity contribution in [2.24, 2.45) is 0 Å². The molecule has 0 spiro atoms. The summed E-state index contributed by atoms with van der Waals surface area (Å²) in [7, 11) is 0. The van der Waals surface area contributed by atoms with Gasteiger partial charge in [0.1, 0.15) is 0 Å². The first-order valence-electron chi connectivity index (χ1n) is 7.62. The highest BCUT2D eigenvalue weighted by molar-refractivity contribution is 6.05. The summed E-state index contributed by atoms with van der Waals surface area (Å²) >= 11 is 0. The molecule has 0 radical (unpaired) electrons. The Hall–Kier alpha value is -3.21. The van der Waals surface area contributed by atoms with E-state index < -0.39 is 0 Å². The Balaban J connectivity index is 2.21. The summed E-state index contributed by atoms with van der Waals surface area (Å²) in [5.74, 6) is -0.0727. The summed E-state index contributed by atoms with van der Waals surface area (Å²) in [5, 5.41) is 14.0. The third kappa shape index (κ3) is 2.96. The molecule has 0 bridgehead atoms. The van der Waals surface area contributed by atoms with Crippen molar-refractivity contribution in [1.29, 1.82) is 5.41 Å². The van der Waals surface area contributed by atoms with Gasteiger partial charge in [0, 0.05) is 10.9 Å². The Morgan fingerprint density at radius 1 is 1.08 bits per heavy atom. The zero-order valence-electron chi connectivity index (χ0n) is 13.6. The Bertz CT molecular complexity index is 934. The zero-order chi connectivity index (χ0) is 17.1. The SMILES string of the molecule is Cc1ccccc1-c1cc(NC(=N)NC=O)c2c(C)cccc2n1. The number of benzene rings is 2. The van der Waals surface area contributed by atoms with Gasteiger partial charge in [0.25, 0.3) is 0 Å². The highest BCUT2D eigenvalue weighted by atomic mass is 16.1. The number of rotatable bonds is 3. The molecule has 0 aliphatic carbocycles. The standard InChI is InChI=1S/C19H18N4O/c1-12-6-3-4-8-14(12)16-10-17(23-19(20)21-11-24)18-13(2)7-5-9-15(18)22-16/h3-11H,1-2H3,(H3,20,21,22,23,24). The van der Waals surface area contributed by atoms with E-state index >= 15 is 0 Å². The second-order valence-corrected chi connectivity index (χ2v) is 5.60. The number of pyridine rings is 1. The second-order valence-electron chi connectivity index (χ2n) is 5.60. The van der Waals surface area contributed by atoms with Crippen LogP contribution in [0.5, 0.6) is 0 Å². The van der Waals surface area contributed by atoms with E-state index in [9.17, 15) is 4.79 Å². The first-order valence-corrected chi connectivity index (χ1v) is 7.62. The molecule has 0 saturated carbocycles. The molecule has 3 aromatic rings. The number of guanidine groups is 1. The summed E-state index contributed by atoms with van der Waals surface area (Å²) in [5.41, 5.74) is 5.64. The molecular weight excluding hydrogens is 300 g/mol. The Labute approximate surface area is 140 Å². The number of amides is 1. The molecule has 24 heavy (non-hydrogen) atoms. The first-order chi connectivity index (χ1) is 11.6. The molecule has 0 saturated heterocycles. The van der Waals surface area contributed by atoms with Crippen LogP contribution in [0.4, 0.5) is 5.69 Å². The van der Waals surface area contributed by atoms with Crippen LogP contribution in [0.3, 0.4) is 0 Å². The fourth-order valence-corrected chi connectivity index (χ4v) is 2.79. The molecule has 0 aliphatic rings. The van der Waals surface area contributed by atoms with Crippen LogP contribution in [-0.2, 0) is 4.79 Å². The molecular formula is C19H18N4O. The summed E-state index contributed by atoms with van der Waals surface area (Å²) in [4.78, 5) is 15.3. The summed E-state index contributed by atoms with van der Waals surface area (Å²) < 4.78 is 0. The van der Waals surface area contributed by atoms with Gasteiger partial charge in [0.15, 0.2) is 5.96 Å². The van der Waals surface area contributed by atoms with Gasteiger partial charge in [0.05, 0.1) is 16.9 Å². The van der Waals surface area contributed by atoms with Crippen LogP contribution in [0, 0.1) is 19.3 Å². The van der Waals surface area contributed by atoms with Gasteiger partial charge in [-0.25, -0.2) is 4.98 Å². The minimum Gasteiger partial charge on any atom is -0.325 e. The van der Waals surface area contributed by atoms with Crippen LogP contribution in [0.25, 0.3) is 22.2 Å². The zero-order valence-corrected chi connectivity index (χ0v) is 13.6. The number of anilines is 1. The fourth-order valence-electron chi connectivity index (χ4n) is 2.79. The van der Waals surface area contributed by atoms with E-state index in [0.717, 1.165) is 39.0 Å². The predicted molar refractivity (Wildman–Crippen MR) is 97.2 cm³/mol. The number of aryl methyl sites for hydroxylation is 2. The first kappa shape index (κ1) is 15.7. The molecule has 1 amide bonds. The molecule has 2 aromatic carbocycles. The van der Waals surface area contributed by atoms with Gasteiger partial charge in [0.2, 0.25) is 6.41 Å². The van der Waals surface area contributed by atoms with Gasteiger partial charge in [-0.1, -0.05) is 36.4 Å². The maximum absolute atomic E-state index is 10.6. The van der Waals surface area contributed by atoms with Crippen molar-refractivity contribution in [3.8, 4) is 11.3 Å². The molecule has 1 heterocycles. The summed E-state index contributed by atoms with van der Waals surface area (Å²) in [6, 6.07) is 15.9. The van der Waals surface area contributed by atoms with Gasteiger partial charge in [-0.2, -0.15) is 0 Å². The van der Waals surface area contributed by atoms with E-state index in [1.54, 1.807) is 0 Å². The molecule has 0 fully saturated rings. The smallest absolute Gasteiger partial charge is 0.213 e. The Morgan fingerprint density at radius 2 is 1.83 bits per heavy atom. The third-order valence-corrected chi connectivity index (χ3v) is 3.93. The fraction of sp³-hybridized carbons (Fsp3) is 0.105. The average Bonchev–Trinajstić information content (AvgIpc) is 2.55. The lowest BCUT2D eigenvalue weighted by atomic mass is 10.0. The Kier molecular flexibility index (Phi) is 4.24. The van der Waals surface area contributed by atoms with E-state index in [1.807, 2.05) is 62.4 Å². The lowest BCUT2D eigenvalue weighted by Gasteiger charge is -2.14. The van der Waals surface area contributed by atoms with Gasteiger partial charge >= 0.3 is 0 Å². The quantitative estimate of drug-likeness (QED) is 0.392. The van der Waals surface area contributed by atoms with Crippen molar-refractivity contribution >= 4 is 29.0 Å². The lowest BCUT2D eigenvalue weighted by molar-refractivity contribution is -0.108. The maximum atomic E-state index is 10.6. The minimum absolute atomic E-state index is 0.0727. The second kappa shape index (κ2) is 6.50. The molecule has 0 unspecified atom stereocenters. The number of carbonyl (C=O) groups excluding carboxylic acids is 1. The van der Waals surface area contributed by atoms with Crippen LogP contribution in [0.2, 0.25) is 0 Å². The highest BCUT2D eigenvalue weighted by Gasteiger charge is 2.11. The van der Waals surface area contributed by atoms with E-state index in [-0.39, 0.29) is 5.96 Å². The molecule has 120 valence electrons. The number of nitrogens with zero attached hydrogens (tertiary/aromatic N) is 1. The Morgan fingerprint density at radius 3 is 2.58 bits per heavy atom. The number of hydrogen-bond acceptors (Lipinski definition) is 3. The number of fused-ring (bicyclic) bond motifs is 1. The van der Waals surface area contributed by atoms with Crippen molar-refractivity contribution in [3.05, 3.63) is 59.7 Å². The molecule has 1 aromatic heterocycles. The number of carbonyl (C=O) groups is 1. The van der Waals surface area contributed by atoms with E-state index in [1.165, 1.54) is 0 Å². The van der Waals surface area contributed by atoms with Crippen molar-refractivity contribution in [3.63, 3.8) is 0 Å².